The number of fused-ring (bicyclic) bond motifs is 12. The van der Waals surface area contributed by atoms with Gasteiger partial charge in [-0.1, -0.05) is 156 Å². The van der Waals surface area contributed by atoms with E-state index in [9.17, 15) is 0 Å². The van der Waals surface area contributed by atoms with Crippen LogP contribution in [0.2, 0.25) is 0 Å². The summed E-state index contributed by atoms with van der Waals surface area (Å²) in [5, 5.41) is 0. The predicted octanol–water partition coefficient (Wildman–Crippen LogP) is 7.16. The summed E-state index contributed by atoms with van der Waals surface area (Å²) in [7, 11) is 0. The highest BCUT2D eigenvalue weighted by Gasteiger charge is 2.36. The summed E-state index contributed by atoms with van der Waals surface area (Å²) in [4.78, 5) is 0. The molecular weight excluding hydrogens is 443 g/mol. The quantitative estimate of drug-likeness (QED) is 0.208. The van der Waals surface area contributed by atoms with Gasteiger partial charge >= 0.3 is 0 Å². The molecule has 2 aliphatic heterocycles. The van der Waals surface area contributed by atoms with Crippen molar-refractivity contribution < 1.29 is 0 Å². The van der Waals surface area contributed by atoms with E-state index in [1.807, 2.05) is 0 Å². The van der Waals surface area contributed by atoms with Crippen LogP contribution in [0.25, 0.3) is 55.6 Å². The molecule has 0 unspecified atom stereocenters. The molecule has 37 heavy (non-hydrogen) atoms. The van der Waals surface area contributed by atoms with E-state index in [1.165, 1.54) is 72.0 Å². The molecule has 0 N–H and O–H groups in total. The molecular formula is C36H23B. The van der Waals surface area contributed by atoms with E-state index in [0.717, 1.165) is 0 Å². The highest BCUT2D eigenvalue weighted by Crippen LogP contribution is 2.41. The van der Waals surface area contributed by atoms with Crippen LogP contribution in [0, 0.1) is 0 Å². The third-order valence-electron chi connectivity index (χ3n) is 8.17. The normalized spacial score (nSPS) is 12.3. The Morgan fingerprint density at radius 1 is 0.243 bits per heavy atom. The van der Waals surface area contributed by atoms with E-state index in [2.05, 4.69) is 140 Å². The van der Waals surface area contributed by atoms with Gasteiger partial charge in [-0.2, -0.15) is 0 Å². The van der Waals surface area contributed by atoms with E-state index in [4.69, 9.17) is 0 Å². The van der Waals surface area contributed by atoms with Gasteiger partial charge in [0.1, 0.15) is 0 Å². The second-order valence-corrected chi connectivity index (χ2v) is 10.0. The van der Waals surface area contributed by atoms with E-state index in [-0.39, 0.29) is 6.71 Å². The van der Waals surface area contributed by atoms with Crippen molar-refractivity contribution in [1.82, 2.24) is 0 Å². The van der Waals surface area contributed by atoms with Gasteiger partial charge in [0.05, 0.1) is 0 Å². The molecule has 2 heterocycles. The first-order valence-corrected chi connectivity index (χ1v) is 13.0. The van der Waals surface area contributed by atoms with Gasteiger partial charge in [-0.25, -0.2) is 0 Å². The lowest BCUT2D eigenvalue weighted by Crippen LogP contribution is -2.54. The van der Waals surface area contributed by atoms with Crippen molar-refractivity contribution in [2.75, 3.05) is 0 Å². The van der Waals surface area contributed by atoms with Crippen molar-refractivity contribution in [3.8, 4) is 55.6 Å². The van der Waals surface area contributed by atoms with Gasteiger partial charge in [0.15, 0.2) is 0 Å². The summed E-state index contributed by atoms with van der Waals surface area (Å²) >= 11 is 0. The first kappa shape index (κ1) is 20.6. The highest BCUT2D eigenvalue weighted by molar-refractivity contribution is 6.99. The summed E-state index contributed by atoms with van der Waals surface area (Å²) in [6.45, 7) is 0.102. The molecule has 0 atom stereocenters. The average molecular weight is 466 g/mol. The minimum Gasteiger partial charge on any atom is -0.0664 e. The van der Waals surface area contributed by atoms with Crippen LogP contribution in [-0.2, 0) is 0 Å². The summed E-state index contributed by atoms with van der Waals surface area (Å²) in [6.07, 6.45) is 0. The zero-order valence-corrected chi connectivity index (χ0v) is 20.4. The molecule has 170 valence electrons. The second-order valence-electron chi connectivity index (χ2n) is 10.0. The van der Waals surface area contributed by atoms with Gasteiger partial charge in [-0.05, 0) is 55.6 Å². The van der Waals surface area contributed by atoms with Crippen molar-refractivity contribution in [2.45, 2.75) is 0 Å². The Morgan fingerprint density at radius 3 is 0.919 bits per heavy atom. The van der Waals surface area contributed by atoms with Crippen molar-refractivity contribution in [3.05, 3.63) is 140 Å². The van der Waals surface area contributed by atoms with Gasteiger partial charge in [-0.3, -0.25) is 0 Å². The lowest BCUT2D eigenvalue weighted by Gasteiger charge is -2.23. The van der Waals surface area contributed by atoms with Crippen molar-refractivity contribution in [1.29, 1.82) is 0 Å². The molecule has 0 radical (unpaired) electrons. The third kappa shape index (κ3) is 2.92. The topological polar surface area (TPSA) is 0 Å². The zero-order chi connectivity index (χ0) is 24.3. The fourth-order valence-corrected chi connectivity index (χ4v) is 6.67. The Morgan fingerprint density at radius 2 is 0.514 bits per heavy atom. The molecule has 0 fully saturated rings. The van der Waals surface area contributed by atoms with Crippen LogP contribution in [-0.4, -0.2) is 6.71 Å². The molecule has 6 aromatic rings. The molecule has 6 aromatic carbocycles. The van der Waals surface area contributed by atoms with E-state index in [0.29, 0.717) is 0 Å². The predicted molar refractivity (Wildman–Crippen MR) is 158 cm³/mol. The number of benzene rings is 6. The van der Waals surface area contributed by atoms with Gasteiger partial charge in [0.2, 0.25) is 6.71 Å². The van der Waals surface area contributed by atoms with Crippen LogP contribution in [0.1, 0.15) is 0 Å². The molecule has 0 aromatic heterocycles. The lowest BCUT2D eigenvalue weighted by atomic mass is 9.34. The summed E-state index contributed by atoms with van der Waals surface area (Å²) < 4.78 is 0. The molecule has 0 saturated carbocycles. The van der Waals surface area contributed by atoms with Crippen molar-refractivity contribution in [3.63, 3.8) is 0 Å². The standard InChI is InChI=1S/C36H23B/c1-3-14-26-24(12-1)25-13-2-5-16-28(25)32-20-11-21-33-29-17-6-4-15-27(29)31-19-8-10-23-35(31)37(36(32)33)34-22-9-7-18-30(26)34/h1-23H. The molecule has 0 nitrogen and oxygen atoms in total. The Balaban J connectivity index is 1.64. The van der Waals surface area contributed by atoms with Crippen LogP contribution in [0.15, 0.2) is 140 Å². The smallest absolute Gasteiger partial charge is 0.0664 e. The number of rotatable bonds is 0. The molecule has 8 rings (SSSR count). The van der Waals surface area contributed by atoms with Crippen LogP contribution in [0.5, 0.6) is 0 Å². The van der Waals surface area contributed by atoms with E-state index >= 15 is 0 Å². The monoisotopic (exact) mass is 466 g/mol. The molecule has 0 spiro atoms. The molecule has 0 amide bonds. The second kappa shape index (κ2) is 7.95. The highest BCUT2D eigenvalue weighted by atomic mass is 14.3. The Bertz CT molecular complexity index is 1840. The van der Waals surface area contributed by atoms with Crippen molar-refractivity contribution >= 4 is 23.1 Å². The van der Waals surface area contributed by atoms with Crippen LogP contribution in [0.3, 0.4) is 0 Å². The van der Waals surface area contributed by atoms with E-state index in [1.54, 1.807) is 0 Å². The average Bonchev–Trinajstić information content (AvgIpc) is 3.07. The largest absolute Gasteiger partial charge is 0.244 e. The van der Waals surface area contributed by atoms with Gasteiger partial charge in [0.25, 0.3) is 0 Å². The zero-order valence-electron chi connectivity index (χ0n) is 20.4. The van der Waals surface area contributed by atoms with Gasteiger partial charge in [0, 0.05) is 0 Å². The fraction of sp³-hybridized carbons (Fsp3) is 0. The molecule has 0 aliphatic carbocycles. The summed E-state index contributed by atoms with van der Waals surface area (Å²) in [6, 6.07) is 51.7. The van der Waals surface area contributed by atoms with E-state index < -0.39 is 0 Å². The summed E-state index contributed by atoms with van der Waals surface area (Å²) in [5.74, 6) is 0. The molecule has 0 saturated heterocycles. The van der Waals surface area contributed by atoms with Crippen LogP contribution >= 0.6 is 0 Å². The van der Waals surface area contributed by atoms with Gasteiger partial charge < -0.3 is 0 Å². The maximum atomic E-state index is 2.35. The fourth-order valence-electron chi connectivity index (χ4n) is 6.67. The number of hydrogen-bond acceptors (Lipinski definition) is 0. The molecule has 0 bridgehead atoms. The minimum atomic E-state index is 0.102. The van der Waals surface area contributed by atoms with Gasteiger partial charge in [-0.15, -0.1) is 0 Å². The third-order valence-corrected chi connectivity index (χ3v) is 8.17. The summed E-state index contributed by atoms with van der Waals surface area (Å²) in [5.41, 5.74) is 17.2. The molecule has 2 aliphatic rings. The minimum absolute atomic E-state index is 0.102. The number of hydrogen-bond donors (Lipinski definition) is 0. The molecule has 1 heteroatoms. The first-order valence-electron chi connectivity index (χ1n) is 13.0. The first-order chi connectivity index (χ1) is 18.4. The van der Waals surface area contributed by atoms with Crippen LogP contribution < -0.4 is 16.4 Å². The maximum absolute atomic E-state index is 2.35. The Kier molecular flexibility index (Phi) is 4.42. The Labute approximate surface area is 218 Å². The maximum Gasteiger partial charge on any atom is 0.244 e. The lowest BCUT2D eigenvalue weighted by molar-refractivity contribution is 1.58. The van der Waals surface area contributed by atoms with Crippen LogP contribution in [0.4, 0.5) is 0 Å². The Hall–Kier alpha value is -4.62. The SMILES string of the molecule is c1ccc2c(c1)B1c3ccccc3-c3ccccc3-c3cccc(c31)-c1ccccc1-c1ccccc1-2. The van der Waals surface area contributed by atoms with Crippen molar-refractivity contribution in [2.24, 2.45) is 0 Å².